The van der Waals surface area contributed by atoms with Gasteiger partial charge in [-0.15, -0.1) is 0 Å². The number of aliphatic hydroxyl groups is 3. The summed E-state index contributed by atoms with van der Waals surface area (Å²) in [6.07, 6.45) is -4.53. The maximum Gasteiger partial charge on any atom is 0.330 e. The van der Waals surface area contributed by atoms with Gasteiger partial charge in [-0.1, -0.05) is 12.1 Å². The quantitative estimate of drug-likeness (QED) is 0.155. The molecule has 2 aromatic rings. The van der Waals surface area contributed by atoms with Crippen LogP contribution >= 0.6 is 0 Å². The topological polar surface area (TPSA) is 186 Å². The first kappa shape index (κ1) is 25.3. The number of carbonyl (C=O) groups excluding carboxylic acids is 1. The van der Waals surface area contributed by atoms with E-state index in [1.54, 1.807) is 6.07 Å². The molecule has 5 atom stereocenters. The predicted octanol–water partition coefficient (Wildman–Crippen LogP) is 0.132. The Hall–Kier alpha value is -3.35. The highest BCUT2D eigenvalue weighted by molar-refractivity contribution is 5.87. The van der Waals surface area contributed by atoms with Crippen LogP contribution in [0.4, 0.5) is 0 Å². The third-order valence-electron chi connectivity index (χ3n) is 5.18. The fourth-order valence-electron chi connectivity index (χ4n) is 3.23. The third kappa shape index (κ3) is 6.37. The summed E-state index contributed by atoms with van der Waals surface area (Å²) in [5.74, 6) is -2.00. The zero-order valence-corrected chi connectivity index (χ0v) is 17.9. The highest BCUT2D eigenvalue weighted by Gasteiger charge is 2.44. The van der Waals surface area contributed by atoms with Gasteiger partial charge in [-0.2, -0.15) is 0 Å². The van der Waals surface area contributed by atoms with Gasteiger partial charge in [-0.25, -0.2) is 4.79 Å². The summed E-state index contributed by atoms with van der Waals surface area (Å²) in [5.41, 5.74) is 1.07. The molecule has 0 aliphatic carbocycles. The molecule has 1 aliphatic rings. The van der Waals surface area contributed by atoms with E-state index in [1.807, 2.05) is 0 Å². The average molecular weight is 478 g/mol. The number of esters is 1. The number of benzene rings is 2. The Bertz CT molecular complexity index is 1020. The minimum Gasteiger partial charge on any atom is -0.504 e. The van der Waals surface area contributed by atoms with Crippen LogP contribution in [0.5, 0.6) is 23.0 Å². The van der Waals surface area contributed by atoms with E-state index in [0.717, 1.165) is 6.08 Å². The molecule has 11 nitrogen and oxygen atoms in total. The fourth-order valence-corrected chi connectivity index (χ4v) is 3.23. The van der Waals surface area contributed by atoms with Gasteiger partial charge >= 0.3 is 5.97 Å². The molecule has 1 heterocycles. The Morgan fingerprint density at radius 2 is 1.56 bits per heavy atom. The molecule has 7 N–H and O–H groups in total. The number of aromatic hydroxyl groups is 4. The van der Waals surface area contributed by atoms with Gasteiger partial charge in [0.15, 0.2) is 29.3 Å². The SMILES string of the molecule is O=C(C=Cc1ccc(O)c(O)c1)OC[C@@H]1O[C@H](OCCc2ccc(O)c(O)c2)[C@@H](O)[C@H](O)[C@@H]1O. The molecule has 0 bridgehead atoms. The van der Waals surface area contributed by atoms with Crippen LogP contribution in [-0.2, 0) is 25.4 Å². The molecule has 0 unspecified atom stereocenters. The van der Waals surface area contributed by atoms with Crippen LogP contribution in [0.15, 0.2) is 42.5 Å². The minimum atomic E-state index is -1.62. The predicted molar refractivity (Wildman–Crippen MR) is 116 cm³/mol. The van der Waals surface area contributed by atoms with Crippen LogP contribution in [0.25, 0.3) is 6.08 Å². The molecule has 1 saturated heterocycles. The normalized spacial score (nSPS) is 24.9. The number of hydrogen-bond donors (Lipinski definition) is 7. The lowest BCUT2D eigenvalue weighted by atomic mass is 9.99. The van der Waals surface area contributed by atoms with Crippen molar-refractivity contribution in [2.75, 3.05) is 13.2 Å². The number of aliphatic hydroxyl groups excluding tert-OH is 3. The number of phenolic OH excluding ortho intramolecular Hbond substituents is 4. The van der Waals surface area contributed by atoms with Crippen LogP contribution in [0, 0.1) is 0 Å². The van der Waals surface area contributed by atoms with Crippen LogP contribution in [0.1, 0.15) is 11.1 Å². The zero-order chi connectivity index (χ0) is 24.8. The first-order valence-corrected chi connectivity index (χ1v) is 10.3. The number of hydrogen-bond acceptors (Lipinski definition) is 11. The lowest BCUT2D eigenvalue weighted by Gasteiger charge is -2.39. The Morgan fingerprint density at radius 1 is 0.882 bits per heavy atom. The average Bonchev–Trinajstić information content (AvgIpc) is 2.81. The molecular formula is C23H26O11. The van der Waals surface area contributed by atoms with Gasteiger partial charge in [0.2, 0.25) is 0 Å². The molecule has 11 heteroatoms. The van der Waals surface area contributed by atoms with Crippen LogP contribution < -0.4 is 0 Å². The van der Waals surface area contributed by atoms with Gasteiger partial charge in [0.05, 0.1) is 6.61 Å². The monoisotopic (exact) mass is 478 g/mol. The molecule has 184 valence electrons. The fraction of sp³-hybridized carbons (Fsp3) is 0.348. The van der Waals surface area contributed by atoms with Crippen molar-refractivity contribution in [3.63, 3.8) is 0 Å². The molecule has 34 heavy (non-hydrogen) atoms. The summed E-state index contributed by atoms with van der Waals surface area (Å²) in [7, 11) is 0. The second-order valence-electron chi connectivity index (χ2n) is 7.67. The van der Waals surface area contributed by atoms with E-state index in [0.29, 0.717) is 11.1 Å². The second-order valence-corrected chi connectivity index (χ2v) is 7.67. The van der Waals surface area contributed by atoms with Crippen molar-refractivity contribution in [2.24, 2.45) is 0 Å². The molecule has 3 rings (SSSR count). The van der Waals surface area contributed by atoms with Crippen molar-refractivity contribution in [2.45, 2.75) is 37.1 Å². The van der Waals surface area contributed by atoms with Crippen molar-refractivity contribution in [1.82, 2.24) is 0 Å². The zero-order valence-electron chi connectivity index (χ0n) is 17.9. The summed E-state index contributed by atoms with van der Waals surface area (Å²) in [6.45, 7) is -0.426. The Labute approximate surface area is 194 Å². The minimum absolute atomic E-state index is 0.0173. The number of carbonyl (C=O) groups is 1. The van der Waals surface area contributed by atoms with Crippen LogP contribution in [0.2, 0.25) is 0 Å². The number of rotatable bonds is 8. The maximum absolute atomic E-state index is 12.0. The molecule has 1 aliphatic heterocycles. The Balaban J connectivity index is 1.52. The maximum atomic E-state index is 12.0. The van der Waals surface area contributed by atoms with Gasteiger partial charge in [0.1, 0.15) is 31.0 Å². The summed E-state index contributed by atoms with van der Waals surface area (Å²) >= 11 is 0. The van der Waals surface area contributed by atoms with Crippen molar-refractivity contribution < 1.29 is 54.8 Å². The standard InChI is InChI=1S/C23H26O11/c24-14-4-1-12(9-16(14)26)3-6-19(28)33-11-18-20(29)21(30)22(31)23(34-18)32-8-7-13-2-5-15(25)17(27)10-13/h1-6,9-10,18,20-27,29-31H,7-8,11H2/t18-,20+,21+,22-,23-/m0/s1. The van der Waals surface area contributed by atoms with Crippen molar-refractivity contribution in [1.29, 1.82) is 0 Å². The molecule has 2 aromatic carbocycles. The van der Waals surface area contributed by atoms with Gasteiger partial charge in [-0.3, -0.25) is 0 Å². The summed E-state index contributed by atoms with van der Waals surface area (Å²) in [5, 5.41) is 68.1. The highest BCUT2D eigenvalue weighted by atomic mass is 16.7. The Kier molecular flexibility index (Phi) is 8.31. The van der Waals surface area contributed by atoms with Crippen LogP contribution in [-0.4, -0.2) is 85.6 Å². The van der Waals surface area contributed by atoms with Gasteiger partial charge in [0.25, 0.3) is 0 Å². The first-order chi connectivity index (χ1) is 16.2. The first-order valence-electron chi connectivity index (χ1n) is 10.3. The van der Waals surface area contributed by atoms with Crippen LogP contribution in [0.3, 0.4) is 0 Å². The number of phenols is 4. The van der Waals surface area contributed by atoms with E-state index in [2.05, 4.69) is 0 Å². The van der Waals surface area contributed by atoms with Gasteiger partial charge in [0, 0.05) is 6.08 Å². The van der Waals surface area contributed by atoms with E-state index in [-0.39, 0.29) is 36.0 Å². The molecule has 0 radical (unpaired) electrons. The molecular weight excluding hydrogens is 452 g/mol. The molecule has 0 saturated carbocycles. The summed E-state index contributed by atoms with van der Waals surface area (Å²) in [6, 6.07) is 8.21. The summed E-state index contributed by atoms with van der Waals surface area (Å²) < 4.78 is 16.0. The van der Waals surface area contributed by atoms with E-state index in [9.17, 15) is 40.5 Å². The smallest absolute Gasteiger partial charge is 0.330 e. The van der Waals surface area contributed by atoms with E-state index in [4.69, 9.17) is 14.2 Å². The van der Waals surface area contributed by atoms with E-state index >= 15 is 0 Å². The molecule has 1 fully saturated rings. The third-order valence-corrected chi connectivity index (χ3v) is 5.18. The lowest BCUT2D eigenvalue weighted by molar-refractivity contribution is -0.301. The molecule has 0 amide bonds. The Morgan fingerprint density at radius 3 is 2.24 bits per heavy atom. The van der Waals surface area contributed by atoms with Crippen molar-refractivity contribution >= 4 is 12.0 Å². The molecule has 0 aromatic heterocycles. The summed E-state index contributed by atoms with van der Waals surface area (Å²) in [4.78, 5) is 12.0. The highest BCUT2D eigenvalue weighted by Crippen LogP contribution is 2.27. The van der Waals surface area contributed by atoms with Crippen molar-refractivity contribution in [3.05, 3.63) is 53.6 Å². The lowest BCUT2D eigenvalue weighted by Crippen LogP contribution is -2.59. The largest absolute Gasteiger partial charge is 0.504 e. The second kappa shape index (κ2) is 11.2. The van der Waals surface area contributed by atoms with Gasteiger partial charge < -0.3 is 50.0 Å². The molecule has 0 spiro atoms. The van der Waals surface area contributed by atoms with E-state index in [1.165, 1.54) is 36.4 Å². The van der Waals surface area contributed by atoms with Crippen molar-refractivity contribution in [3.8, 4) is 23.0 Å². The number of ether oxygens (including phenoxy) is 3. The van der Waals surface area contributed by atoms with E-state index < -0.39 is 43.3 Å². The van der Waals surface area contributed by atoms with Gasteiger partial charge in [-0.05, 0) is 47.9 Å².